The predicted molar refractivity (Wildman–Crippen MR) is 67.4 cm³/mol. The molecule has 1 fully saturated rings. The zero-order valence-electron chi connectivity index (χ0n) is 11.4. The SMILES string of the molecule is COCCNCC(=O)N1CC(CO)OC(C)(C)C1. The summed E-state index contributed by atoms with van der Waals surface area (Å²) in [7, 11) is 1.62. The van der Waals surface area contributed by atoms with E-state index >= 15 is 0 Å². The Morgan fingerprint density at radius 2 is 2.33 bits per heavy atom. The van der Waals surface area contributed by atoms with Gasteiger partial charge in [-0.2, -0.15) is 0 Å². The van der Waals surface area contributed by atoms with E-state index in [9.17, 15) is 9.90 Å². The van der Waals surface area contributed by atoms with Crippen molar-refractivity contribution in [3.63, 3.8) is 0 Å². The fourth-order valence-corrected chi connectivity index (χ4v) is 2.06. The molecule has 1 heterocycles. The van der Waals surface area contributed by atoms with Crippen LogP contribution in [0.2, 0.25) is 0 Å². The number of amides is 1. The van der Waals surface area contributed by atoms with E-state index in [0.29, 0.717) is 26.2 Å². The van der Waals surface area contributed by atoms with Crippen LogP contribution < -0.4 is 5.32 Å². The first kappa shape index (κ1) is 15.4. The van der Waals surface area contributed by atoms with Crippen LogP contribution in [-0.4, -0.2) is 74.1 Å². The predicted octanol–water partition coefficient (Wildman–Crippen LogP) is -0.779. The van der Waals surface area contributed by atoms with Crippen LogP contribution in [0.15, 0.2) is 0 Å². The van der Waals surface area contributed by atoms with E-state index < -0.39 is 5.60 Å². The molecule has 1 atom stereocenters. The lowest BCUT2D eigenvalue weighted by Crippen LogP contribution is -2.57. The monoisotopic (exact) mass is 260 g/mol. The number of nitrogens with zero attached hydrogens (tertiary/aromatic N) is 1. The standard InChI is InChI=1S/C12H24N2O4/c1-12(2)9-14(7-10(8-15)18-12)11(16)6-13-4-5-17-3/h10,13,15H,4-9H2,1-3H3. The second kappa shape index (κ2) is 7.04. The first-order chi connectivity index (χ1) is 8.48. The summed E-state index contributed by atoms with van der Waals surface area (Å²) in [5, 5.41) is 12.2. The highest BCUT2D eigenvalue weighted by Crippen LogP contribution is 2.20. The van der Waals surface area contributed by atoms with E-state index in [1.54, 1.807) is 12.0 Å². The zero-order valence-corrected chi connectivity index (χ0v) is 11.4. The van der Waals surface area contributed by atoms with E-state index in [2.05, 4.69) is 5.32 Å². The van der Waals surface area contributed by atoms with Crippen LogP contribution in [0.3, 0.4) is 0 Å². The number of rotatable bonds is 6. The third-order valence-corrected chi connectivity index (χ3v) is 2.80. The average molecular weight is 260 g/mol. The van der Waals surface area contributed by atoms with Gasteiger partial charge in [-0.15, -0.1) is 0 Å². The molecule has 0 aliphatic carbocycles. The Morgan fingerprint density at radius 3 is 2.94 bits per heavy atom. The number of hydrogen-bond donors (Lipinski definition) is 2. The molecule has 0 aromatic rings. The number of hydrogen-bond acceptors (Lipinski definition) is 5. The van der Waals surface area contributed by atoms with Gasteiger partial charge in [0.1, 0.15) is 0 Å². The molecule has 1 amide bonds. The van der Waals surface area contributed by atoms with Crippen molar-refractivity contribution in [3.05, 3.63) is 0 Å². The average Bonchev–Trinajstić information content (AvgIpc) is 2.32. The number of ether oxygens (including phenoxy) is 2. The molecule has 0 saturated carbocycles. The lowest BCUT2D eigenvalue weighted by molar-refractivity contribution is -0.166. The van der Waals surface area contributed by atoms with Crippen LogP contribution in [0.5, 0.6) is 0 Å². The van der Waals surface area contributed by atoms with Crippen molar-refractivity contribution in [2.45, 2.75) is 25.6 Å². The molecule has 1 saturated heterocycles. The Hall–Kier alpha value is -0.690. The van der Waals surface area contributed by atoms with Crippen LogP contribution in [0, 0.1) is 0 Å². The van der Waals surface area contributed by atoms with Gasteiger partial charge in [0, 0.05) is 26.7 Å². The van der Waals surface area contributed by atoms with Gasteiger partial charge in [0.15, 0.2) is 0 Å². The minimum atomic E-state index is -0.409. The lowest BCUT2D eigenvalue weighted by Gasteiger charge is -2.42. The number of morpholine rings is 1. The van der Waals surface area contributed by atoms with Crippen molar-refractivity contribution in [1.29, 1.82) is 0 Å². The topological polar surface area (TPSA) is 71.0 Å². The van der Waals surface area contributed by atoms with Crippen molar-refractivity contribution in [1.82, 2.24) is 10.2 Å². The molecule has 0 aromatic carbocycles. The highest BCUT2D eigenvalue weighted by atomic mass is 16.5. The normalized spacial score (nSPS) is 23.1. The summed E-state index contributed by atoms with van der Waals surface area (Å²) in [6.45, 7) is 6.31. The fraction of sp³-hybridized carbons (Fsp3) is 0.917. The maximum absolute atomic E-state index is 12.0. The molecule has 0 radical (unpaired) electrons. The van der Waals surface area contributed by atoms with Crippen LogP contribution in [-0.2, 0) is 14.3 Å². The minimum Gasteiger partial charge on any atom is -0.394 e. The van der Waals surface area contributed by atoms with Crippen LogP contribution >= 0.6 is 0 Å². The minimum absolute atomic E-state index is 0.0286. The van der Waals surface area contributed by atoms with Crippen molar-refractivity contribution >= 4 is 5.91 Å². The molecule has 1 aliphatic heterocycles. The van der Waals surface area contributed by atoms with Gasteiger partial charge in [-0.1, -0.05) is 0 Å². The van der Waals surface area contributed by atoms with Gasteiger partial charge in [0.25, 0.3) is 0 Å². The van der Waals surface area contributed by atoms with Crippen molar-refractivity contribution in [2.75, 3.05) is 46.5 Å². The Balaban J connectivity index is 2.41. The van der Waals surface area contributed by atoms with Crippen molar-refractivity contribution in [2.24, 2.45) is 0 Å². The maximum atomic E-state index is 12.0. The molecule has 18 heavy (non-hydrogen) atoms. The quantitative estimate of drug-likeness (QED) is 0.613. The molecule has 1 aliphatic rings. The highest BCUT2D eigenvalue weighted by molar-refractivity contribution is 5.78. The van der Waals surface area contributed by atoms with E-state index in [4.69, 9.17) is 9.47 Å². The number of aliphatic hydroxyl groups excluding tert-OH is 1. The number of carbonyl (C=O) groups is 1. The Labute approximate surface area is 108 Å². The number of methoxy groups -OCH3 is 1. The van der Waals surface area contributed by atoms with Gasteiger partial charge in [0.2, 0.25) is 5.91 Å². The molecule has 0 spiro atoms. The number of carbonyl (C=O) groups excluding carboxylic acids is 1. The maximum Gasteiger partial charge on any atom is 0.236 e. The van der Waals surface area contributed by atoms with Crippen molar-refractivity contribution < 1.29 is 19.4 Å². The second-order valence-corrected chi connectivity index (χ2v) is 5.13. The molecule has 1 unspecified atom stereocenters. The molecule has 0 bridgehead atoms. The van der Waals surface area contributed by atoms with Crippen LogP contribution in [0.4, 0.5) is 0 Å². The van der Waals surface area contributed by atoms with Gasteiger partial charge < -0.3 is 24.8 Å². The molecular formula is C12H24N2O4. The summed E-state index contributed by atoms with van der Waals surface area (Å²) in [5.74, 6) is 0.0286. The summed E-state index contributed by atoms with van der Waals surface area (Å²) >= 11 is 0. The van der Waals surface area contributed by atoms with Crippen molar-refractivity contribution in [3.8, 4) is 0 Å². The first-order valence-electron chi connectivity index (χ1n) is 6.24. The molecule has 0 aromatic heterocycles. The molecule has 1 rings (SSSR count). The molecular weight excluding hydrogens is 236 g/mol. The summed E-state index contributed by atoms with van der Waals surface area (Å²) in [5.41, 5.74) is -0.409. The third kappa shape index (κ3) is 4.89. The highest BCUT2D eigenvalue weighted by Gasteiger charge is 2.34. The summed E-state index contributed by atoms with van der Waals surface area (Å²) in [6, 6.07) is 0. The third-order valence-electron chi connectivity index (χ3n) is 2.80. The molecule has 2 N–H and O–H groups in total. The largest absolute Gasteiger partial charge is 0.394 e. The van der Waals surface area contributed by atoms with Gasteiger partial charge in [-0.3, -0.25) is 4.79 Å². The van der Waals surface area contributed by atoms with E-state index in [1.807, 2.05) is 13.8 Å². The van der Waals surface area contributed by atoms with Gasteiger partial charge in [-0.05, 0) is 13.8 Å². The summed E-state index contributed by atoms with van der Waals surface area (Å²) < 4.78 is 10.6. The van der Waals surface area contributed by atoms with Gasteiger partial charge >= 0.3 is 0 Å². The Bertz CT molecular complexity index is 271. The first-order valence-corrected chi connectivity index (χ1v) is 6.24. The van der Waals surface area contributed by atoms with E-state index in [-0.39, 0.29) is 25.2 Å². The zero-order chi connectivity index (χ0) is 13.6. The smallest absolute Gasteiger partial charge is 0.236 e. The molecule has 106 valence electrons. The Kier molecular flexibility index (Phi) is 6.01. The van der Waals surface area contributed by atoms with Gasteiger partial charge in [-0.25, -0.2) is 0 Å². The van der Waals surface area contributed by atoms with E-state index in [1.165, 1.54) is 0 Å². The second-order valence-electron chi connectivity index (χ2n) is 5.13. The number of nitrogens with one attached hydrogen (secondary N) is 1. The lowest BCUT2D eigenvalue weighted by atomic mass is 10.1. The van der Waals surface area contributed by atoms with Gasteiger partial charge in [0.05, 0.1) is 31.5 Å². The summed E-state index contributed by atoms with van der Waals surface area (Å²) in [6.07, 6.45) is -0.295. The van der Waals surface area contributed by atoms with Crippen LogP contribution in [0.25, 0.3) is 0 Å². The summed E-state index contributed by atoms with van der Waals surface area (Å²) in [4.78, 5) is 13.7. The molecule has 6 heteroatoms. The number of aliphatic hydroxyl groups is 1. The fourth-order valence-electron chi connectivity index (χ4n) is 2.06. The Morgan fingerprint density at radius 1 is 1.61 bits per heavy atom. The molecule has 6 nitrogen and oxygen atoms in total. The van der Waals surface area contributed by atoms with Crippen LogP contribution in [0.1, 0.15) is 13.8 Å². The van der Waals surface area contributed by atoms with E-state index in [0.717, 1.165) is 0 Å².